The number of rotatable bonds is 5. The molecule has 4 nitrogen and oxygen atoms in total. The summed E-state index contributed by atoms with van der Waals surface area (Å²) in [6.45, 7) is 1.21. The van der Waals surface area contributed by atoms with Crippen molar-refractivity contribution in [3.05, 3.63) is 16.5 Å². The van der Waals surface area contributed by atoms with Gasteiger partial charge in [0.1, 0.15) is 16.2 Å². The molecule has 0 aromatic carbocycles. The molecular formula is C15H22BrN3O. The summed E-state index contributed by atoms with van der Waals surface area (Å²) < 4.78 is 0.860. The average molecular weight is 340 g/mol. The van der Waals surface area contributed by atoms with E-state index in [0.29, 0.717) is 24.4 Å². The van der Waals surface area contributed by atoms with Crippen LogP contribution in [0.25, 0.3) is 0 Å². The van der Waals surface area contributed by atoms with Gasteiger partial charge < -0.3 is 10.4 Å². The molecule has 3 rings (SSSR count). The van der Waals surface area contributed by atoms with Crippen LogP contribution in [-0.2, 0) is 0 Å². The van der Waals surface area contributed by atoms with Gasteiger partial charge in [-0.05, 0) is 53.4 Å². The molecule has 2 N–H and O–H groups in total. The first-order valence-corrected chi connectivity index (χ1v) is 8.45. The lowest BCUT2D eigenvalue weighted by molar-refractivity contribution is 0.141. The van der Waals surface area contributed by atoms with E-state index in [2.05, 4.69) is 31.2 Å². The summed E-state index contributed by atoms with van der Waals surface area (Å²) in [4.78, 5) is 9.06. The maximum Gasteiger partial charge on any atom is 0.135 e. The van der Waals surface area contributed by atoms with Crippen molar-refractivity contribution in [2.24, 2.45) is 11.8 Å². The minimum atomic E-state index is 0.313. The second-order valence-corrected chi connectivity index (χ2v) is 6.89. The highest BCUT2D eigenvalue weighted by atomic mass is 79.9. The topological polar surface area (TPSA) is 58.0 Å². The highest BCUT2D eigenvalue weighted by Crippen LogP contribution is 2.39. The zero-order valence-electron chi connectivity index (χ0n) is 11.7. The molecule has 0 amide bonds. The van der Waals surface area contributed by atoms with Gasteiger partial charge in [0.05, 0.1) is 0 Å². The van der Waals surface area contributed by atoms with Crippen LogP contribution in [0.4, 0.5) is 5.82 Å². The minimum Gasteiger partial charge on any atom is -0.396 e. The molecule has 1 heterocycles. The van der Waals surface area contributed by atoms with Crippen molar-refractivity contribution >= 4 is 21.7 Å². The number of aliphatic hydroxyl groups is 1. The molecule has 0 radical (unpaired) electrons. The van der Waals surface area contributed by atoms with Gasteiger partial charge >= 0.3 is 0 Å². The van der Waals surface area contributed by atoms with Crippen molar-refractivity contribution < 1.29 is 5.11 Å². The largest absolute Gasteiger partial charge is 0.396 e. The molecule has 0 bridgehead atoms. The zero-order chi connectivity index (χ0) is 13.9. The molecule has 1 aromatic rings. The number of aliphatic hydroxyl groups excluding tert-OH is 1. The first-order chi connectivity index (χ1) is 9.76. The van der Waals surface area contributed by atoms with Gasteiger partial charge in [-0.3, -0.25) is 0 Å². The van der Waals surface area contributed by atoms with Crippen LogP contribution >= 0.6 is 15.9 Å². The third-order valence-corrected chi connectivity index (χ3v) is 4.91. The van der Waals surface area contributed by atoms with Crippen LogP contribution in [0.2, 0.25) is 0 Å². The Morgan fingerprint density at radius 3 is 2.60 bits per heavy atom. The molecule has 0 saturated heterocycles. The fourth-order valence-electron chi connectivity index (χ4n) is 3.08. The predicted octanol–water partition coefficient (Wildman–Crippen LogP) is 3.33. The van der Waals surface area contributed by atoms with Crippen molar-refractivity contribution in [1.29, 1.82) is 0 Å². The standard InChI is InChI=1S/C15H22BrN3O/c16-13-7-14(19-15(18-13)10-5-6-10)17-8-11-3-1-2-4-12(11)9-20/h7,10-12,20H,1-6,8-9H2,(H,17,18,19). The normalized spacial score (nSPS) is 26.5. The van der Waals surface area contributed by atoms with Gasteiger partial charge in [-0.2, -0.15) is 0 Å². The second kappa shape index (κ2) is 6.39. The van der Waals surface area contributed by atoms with Gasteiger partial charge in [-0.1, -0.05) is 12.8 Å². The Labute approximate surface area is 128 Å². The lowest BCUT2D eigenvalue weighted by Gasteiger charge is -2.30. The number of halogens is 1. The lowest BCUT2D eigenvalue weighted by Crippen LogP contribution is -2.28. The Morgan fingerprint density at radius 1 is 1.15 bits per heavy atom. The van der Waals surface area contributed by atoms with Crippen LogP contribution in [0.5, 0.6) is 0 Å². The van der Waals surface area contributed by atoms with Crippen LogP contribution in [0, 0.1) is 11.8 Å². The lowest BCUT2D eigenvalue weighted by atomic mass is 9.79. The smallest absolute Gasteiger partial charge is 0.135 e. The summed E-state index contributed by atoms with van der Waals surface area (Å²) in [7, 11) is 0. The minimum absolute atomic E-state index is 0.313. The summed E-state index contributed by atoms with van der Waals surface area (Å²) in [5.41, 5.74) is 0. The van der Waals surface area contributed by atoms with Crippen molar-refractivity contribution in [1.82, 2.24) is 9.97 Å². The van der Waals surface area contributed by atoms with E-state index < -0.39 is 0 Å². The number of aromatic nitrogens is 2. The van der Waals surface area contributed by atoms with E-state index in [1.165, 1.54) is 32.1 Å². The molecule has 2 atom stereocenters. The van der Waals surface area contributed by atoms with Gasteiger partial charge in [-0.15, -0.1) is 0 Å². The third-order valence-electron chi connectivity index (χ3n) is 4.50. The fourth-order valence-corrected chi connectivity index (χ4v) is 3.48. The number of anilines is 1. The Bertz CT molecular complexity index is 464. The number of nitrogens with zero attached hydrogens (tertiary/aromatic N) is 2. The van der Waals surface area contributed by atoms with E-state index in [4.69, 9.17) is 0 Å². The molecule has 0 aliphatic heterocycles. The van der Waals surface area contributed by atoms with Crippen molar-refractivity contribution in [3.8, 4) is 0 Å². The number of nitrogens with one attached hydrogen (secondary N) is 1. The predicted molar refractivity (Wildman–Crippen MR) is 82.7 cm³/mol. The van der Waals surface area contributed by atoms with Gasteiger partial charge in [0.15, 0.2) is 0 Å². The highest BCUT2D eigenvalue weighted by molar-refractivity contribution is 9.10. The van der Waals surface area contributed by atoms with E-state index in [1.807, 2.05) is 6.07 Å². The Kier molecular flexibility index (Phi) is 4.56. The first-order valence-electron chi connectivity index (χ1n) is 7.65. The first kappa shape index (κ1) is 14.3. The molecule has 1 aromatic heterocycles. The zero-order valence-corrected chi connectivity index (χ0v) is 13.3. The average Bonchev–Trinajstić information content (AvgIpc) is 3.29. The summed E-state index contributed by atoms with van der Waals surface area (Å²) in [6, 6.07) is 1.95. The fraction of sp³-hybridized carbons (Fsp3) is 0.733. The maximum absolute atomic E-state index is 9.47. The quantitative estimate of drug-likeness (QED) is 0.808. The van der Waals surface area contributed by atoms with Gasteiger partial charge in [0, 0.05) is 25.1 Å². The number of hydrogen-bond donors (Lipinski definition) is 2. The van der Waals surface area contributed by atoms with Crippen molar-refractivity contribution in [2.45, 2.75) is 44.4 Å². The van der Waals surface area contributed by atoms with Crippen molar-refractivity contribution in [2.75, 3.05) is 18.5 Å². The monoisotopic (exact) mass is 339 g/mol. The van der Waals surface area contributed by atoms with E-state index in [1.54, 1.807) is 0 Å². The third kappa shape index (κ3) is 3.50. The van der Waals surface area contributed by atoms with E-state index >= 15 is 0 Å². The van der Waals surface area contributed by atoms with E-state index in [9.17, 15) is 5.11 Å². The Balaban J connectivity index is 1.62. The summed E-state index contributed by atoms with van der Waals surface area (Å²) >= 11 is 3.47. The molecule has 2 unspecified atom stereocenters. The number of hydrogen-bond acceptors (Lipinski definition) is 4. The molecule has 2 aliphatic rings. The molecule has 20 heavy (non-hydrogen) atoms. The van der Waals surface area contributed by atoms with Crippen molar-refractivity contribution in [3.63, 3.8) is 0 Å². The molecule has 110 valence electrons. The second-order valence-electron chi connectivity index (χ2n) is 6.08. The summed E-state index contributed by atoms with van der Waals surface area (Å²) in [6.07, 6.45) is 7.33. The Hall–Kier alpha value is -0.680. The molecule has 5 heteroatoms. The molecule has 2 fully saturated rings. The van der Waals surface area contributed by atoms with Crippen LogP contribution in [0.15, 0.2) is 10.7 Å². The summed E-state index contributed by atoms with van der Waals surface area (Å²) in [5.74, 6) is 3.45. The Morgan fingerprint density at radius 2 is 1.90 bits per heavy atom. The van der Waals surface area contributed by atoms with E-state index in [0.717, 1.165) is 29.2 Å². The molecule has 2 aliphatic carbocycles. The van der Waals surface area contributed by atoms with Gasteiger partial charge in [0.2, 0.25) is 0 Å². The van der Waals surface area contributed by atoms with Crippen LogP contribution in [0.1, 0.15) is 50.3 Å². The maximum atomic E-state index is 9.47. The summed E-state index contributed by atoms with van der Waals surface area (Å²) in [5, 5.41) is 12.9. The van der Waals surface area contributed by atoms with Gasteiger partial charge in [0.25, 0.3) is 0 Å². The molecule has 0 spiro atoms. The van der Waals surface area contributed by atoms with Gasteiger partial charge in [-0.25, -0.2) is 9.97 Å². The molecular weight excluding hydrogens is 318 g/mol. The van der Waals surface area contributed by atoms with Crippen LogP contribution in [0.3, 0.4) is 0 Å². The SMILES string of the molecule is OCC1CCCCC1CNc1cc(Br)nc(C2CC2)n1. The van der Waals surface area contributed by atoms with Crippen LogP contribution in [-0.4, -0.2) is 28.2 Å². The van der Waals surface area contributed by atoms with Crippen LogP contribution < -0.4 is 5.32 Å². The van der Waals surface area contributed by atoms with E-state index in [-0.39, 0.29) is 0 Å². The molecule has 2 saturated carbocycles. The highest BCUT2D eigenvalue weighted by Gasteiger charge is 2.28.